The van der Waals surface area contributed by atoms with Gasteiger partial charge in [0, 0.05) is 11.3 Å². The van der Waals surface area contributed by atoms with Crippen LogP contribution in [0.4, 0.5) is 0 Å². The summed E-state index contributed by atoms with van der Waals surface area (Å²) in [6.45, 7) is 10.5. The molecule has 2 atom stereocenters. The minimum Gasteiger partial charge on any atom is -0.468 e. The normalized spacial score (nSPS) is 16.2. The number of hydrogen-bond donors (Lipinski definition) is 1. The van der Waals surface area contributed by atoms with Crippen LogP contribution >= 0.6 is 11.8 Å². The predicted molar refractivity (Wildman–Crippen MR) is 84.8 cm³/mol. The van der Waals surface area contributed by atoms with Crippen LogP contribution in [0.2, 0.25) is 0 Å². The molecule has 0 aliphatic carbocycles. The second-order valence-electron chi connectivity index (χ2n) is 5.67. The smallest absolute Gasteiger partial charge is 0.325 e. The lowest BCUT2D eigenvalue weighted by atomic mass is 9.94. The van der Waals surface area contributed by atoms with E-state index < -0.39 is 5.54 Å². The van der Waals surface area contributed by atoms with Crippen LogP contribution in [0, 0.1) is 0 Å². The molecule has 114 valence electrons. The highest BCUT2D eigenvalue weighted by molar-refractivity contribution is 7.99. The number of rotatable bonds is 10. The summed E-state index contributed by atoms with van der Waals surface area (Å²) in [4.78, 5) is 11.9. The van der Waals surface area contributed by atoms with E-state index in [4.69, 9.17) is 4.74 Å². The Morgan fingerprint density at radius 1 is 1.32 bits per heavy atom. The third kappa shape index (κ3) is 7.83. The first-order chi connectivity index (χ1) is 8.85. The van der Waals surface area contributed by atoms with E-state index in [2.05, 4.69) is 33.0 Å². The Bertz CT molecular complexity index is 259. The lowest BCUT2D eigenvalue weighted by Gasteiger charge is -2.30. The molecule has 0 spiro atoms. The molecule has 0 saturated heterocycles. The van der Waals surface area contributed by atoms with Gasteiger partial charge in [0.15, 0.2) is 0 Å². The molecule has 0 aliphatic heterocycles. The van der Waals surface area contributed by atoms with E-state index in [9.17, 15) is 4.79 Å². The monoisotopic (exact) mass is 289 g/mol. The summed E-state index contributed by atoms with van der Waals surface area (Å²) < 4.78 is 4.92. The molecule has 0 aromatic rings. The number of ether oxygens (including phenoxy) is 1. The van der Waals surface area contributed by atoms with E-state index >= 15 is 0 Å². The molecule has 4 heteroatoms. The van der Waals surface area contributed by atoms with Crippen molar-refractivity contribution in [3.8, 4) is 0 Å². The first-order valence-electron chi connectivity index (χ1n) is 7.33. The first-order valence-corrected chi connectivity index (χ1v) is 8.38. The molecule has 3 nitrogen and oxygen atoms in total. The van der Waals surface area contributed by atoms with E-state index in [1.165, 1.54) is 19.3 Å². The van der Waals surface area contributed by atoms with Gasteiger partial charge in [-0.25, -0.2) is 0 Å². The highest BCUT2D eigenvalue weighted by Crippen LogP contribution is 2.20. The Kier molecular flexibility index (Phi) is 9.54. The topological polar surface area (TPSA) is 38.3 Å². The molecule has 0 radical (unpaired) electrons. The van der Waals surface area contributed by atoms with Crippen LogP contribution in [0.5, 0.6) is 0 Å². The van der Waals surface area contributed by atoms with Gasteiger partial charge in [-0.1, -0.05) is 20.3 Å². The number of carbonyl (C=O) groups is 1. The molecule has 0 saturated carbocycles. The lowest BCUT2D eigenvalue weighted by molar-refractivity contribution is -0.148. The molecule has 2 unspecified atom stereocenters. The fourth-order valence-corrected chi connectivity index (χ4v) is 3.09. The van der Waals surface area contributed by atoms with Gasteiger partial charge in [0.2, 0.25) is 0 Å². The predicted octanol–water partition coefficient (Wildman–Crippen LogP) is 3.62. The summed E-state index contributed by atoms with van der Waals surface area (Å²) in [6, 6.07) is 0.276. The fourth-order valence-electron chi connectivity index (χ4n) is 2.08. The van der Waals surface area contributed by atoms with E-state index in [1.807, 2.05) is 18.7 Å². The molecule has 0 rings (SSSR count). The Hall–Kier alpha value is -0.220. The molecule has 0 heterocycles. The molecule has 0 aromatic carbocycles. The Balaban J connectivity index is 4.10. The van der Waals surface area contributed by atoms with Crippen LogP contribution < -0.4 is 5.32 Å². The average Bonchev–Trinajstić information content (AvgIpc) is 2.36. The molecule has 19 heavy (non-hydrogen) atoms. The molecule has 0 aliphatic rings. The molecular weight excluding hydrogens is 258 g/mol. The van der Waals surface area contributed by atoms with Crippen LogP contribution in [0.15, 0.2) is 0 Å². The molecule has 0 fully saturated rings. The summed E-state index contributed by atoms with van der Waals surface area (Å²) in [5.41, 5.74) is -0.552. The highest BCUT2D eigenvalue weighted by Gasteiger charge is 2.33. The van der Waals surface area contributed by atoms with E-state index in [0.29, 0.717) is 0 Å². The summed E-state index contributed by atoms with van der Waals surface area (Å²) in [7, 11) is 1.46. The SMILES string of the molecule is CCC(C)SCCCCC(C)(NC(C)C)C(=O)OC. The molecule has 1 N–H and O–H groups in total. The van der Waals surface area contributed by atoms with Crippen LogP contribution in [-0.2, 0) is 9.53 Å². The summed E-state index contributed by atoms with van der Waals surface area (Å²) in [5.74, 6) is 1.02. The van der Waals surface area contributed by atoms with Gasteiger partial charge in [-0.05, 0) is 45.8 Å². The molecule has 0 aromatic heterocycles. The third-order valence-electron chi connectivity index (χ3n) is 3.29. The number of thioether (sulfide) groups is 1. The Morgan fingerprint density at radius 2 is 1.95 bits per heavy atom. The third-order valence-corrected chi connectivity index (χ3v) is 4.72. The Morgan fingerprint density at radius 3 is 2.42 bits per heavy atom. The largest absolute Gasteiger partial charge is 0.468 e. The maximum absolute atomic E-state index is 11.9. The summed E-state index contributed by atoms with van der Waals surface area (Å²) >= 11 is 2.02. The zero-order valence-electron chi connectivity index (χ0n) is 13.4. The number of methoxy groups -OCH3 is 1. The summed E-state index contributed by atoms with van der Waals surface area (Å²) in [6.07, 6.45) is 4.26. The zero-order valence-corrected chi connectivity index (χ0v) is 14.2. The standard InChI is InChI=1S/C15H31NO2S/c1-7-13(4)19-11-9-8-10-15(5,14(17)18-6)16-12(2)3/h12-13,16H,7-11H2,1-6H3. The number of carbonyl (C=O) groups excluding carboxylic acids is 1. The highest BCUT2D eigenvalue weighted by atomic mass is 32.2. The van der Waals surface area contributed by atoms with E-state index in [1.54, 1.807) is 0 Å². The fraction of sp³-hybridized carbons (Fsp3) is 0.933. The number of nitrogens with one attached hydrogen (secondary N) is 1. The average molecular weight is 289 g/mol. The second kappa shape index (κ2) is 9.65. The van der Waals surface area contributed by atoms with Crippen molar-refractivity contribution >= 4 is 17.7 Å². The number of unbranched alkanes of at least 4 members (excludes halogenated alkanes) is 1. The van der Waals surface area contributed by atoms with Gasteiger partial charge in [-0.15, -0.1) is 0 Å². The van der Waals surface area contributed by atoms with Crippen LogP contribution in [0.3, 0.4) is 0 Å². The minimum atomic E-state index is -0.552. The summed E-state index contributed by atoms with van der Waals surface area (Å²) in [5, 5.41) is 4.07. The van der Waals surface area contributed by atoms with Gasteiger partial charge in [0.1, 0.15) is 5.54 Å². The molecule has 0 amide bonds. The van der Waals surface area contributed by atoms with Gasteiger partial charge >= 0.3 is 5.97 Å². The maximum atomic E-state index is 11.9. The minimum absolute atomic E-state index is 0.157. The lowest BCUT2D eigenvalue weighted by Crippen LogP contribution is -2.52. The zero-order chi connectivity index (χ0) is 14.9. The van der Waals surface area contributed by atoms with Gasteiger partial charge < -0.3 is 4.74 Å². The molecule has 0 bridgehead atoms. The van der Waals surface area contributed by atoms with Gasteiger partial charge in [0.05, 0.1) is 7.11 Å². The van der Waals surface area contributed by atoms with Gasteiger partial charge in [0.25, 0.3) is 0 Å². The van der Waals surface area contributed by atoms with Crippen molar-refractivity contribution in [3.05, 3.63) is 0 Å². The number of hydrogen-bond acceptors (Lipinski definition) is 4. The van der Waals surface area contributed by atoms with Gasteiger partial charge in [-0.3, -0.25) is 10.1 Å². The van der Waals surface area contributed by atoms with Crippen molar-refractivity contribution in [1.29, 1.82) is 0 Å². The quantitative estimate of drug-likeness (QED) is 0.492. The van der Waals surface area contributed by atoms with Crippen LogP contribution in [0.1, 0.15) is 60.3 Å². The molecular formula is C15H31NO2S. The van der Waals surface area contributed by atoms with Crippen molar-refractivity contribution < 1.29 is 9.53 Å². The number of esters is 1. The second-order valence-corrected chi connectivity index (χ2v) is 7.22. The van der Waals surface area contributed by atoms with Crippen molar-refractivity contribution in [2.24, 2.45) is 0 Å². The van der Waals surface area contributed by atoms with E-state index in [0.717, 1.165) is 24.5 Å². The van der Waals surface area contributed by atoms with Crippen molar-refractivity contribution in [3.63, 3.8) is 0 Å². The maximum Gasteiger partial charge on any atom is 0.325 e. The van der Waals surface area contributed by atoms with Crippen LogP contribution in [-0.4, -0.2) is 35.7 Å². The van der Waals surface area contributed by atoms with Crippen molar-refractivity contribution in [2.75, 3.05) is 12.9 Å². The van der Waals surface area contributed by atoms with Gasteiger partial charge in [-0.2, -0.15) is 11.8 Å². The van der Waals surface area contributed by atoms with Crippen molar-refractivity contribution in [2.45, 2.75) is 77.1 Å². The van der Waals surface area contributed by atoms with E-state index in [-0.39, 0.29) is 12.0 Å². The first kappa shape index (κ1) is 18.8. The van der Waals surface area contributed by atoms with Crippen LogP contribution in [0.25, 0.3) is 0 Å². The Labute approximate surface area is 123 Å². The van der Waals surface area contributed by atoms with Crippen molar-refractivity contribution in [1.82, 2.24) is 5.32 Å².